The molecule has 0 fully saturated rings. The first-order chi connectivity index (χ1) is 13.1. The van der Waals surface area contributed by atoms with Crippen LogP contribution in [0.15, 0.2) is 48.5 Å². The number of para-hydroxylation sites is 2. The monoisotopic (exact) mass is 369 g/mol. The fourth-order valence-corrected chi connectivity index (χ4v) is 3.01. The zero-order valence-electron chi connectivity index (χ0n) is 15.5. The molecule has 1 aliphatic rings. The lowest BCUT2D eigenvalue weighted by Crippen LogP contribution is -2.41. The van der Waals surface area contributed by atoms with Crippen molar-refractivity contribution >= 4 is 17.6 Å². The zero-order valence-corrected chi connectivity index (χ0v) is 15.5. The van der Waals surface area contributed by atoms with Gasteiger partial charge in [0.1, 0.15) is 18.1 Å². The maximum Gasteiger partial charge on any atom is 0.308 e. The lowest BCUT2D eigenvalue weighted by Gasteiger charge is -2.29. The Bertz CT molecular complexity index is 802. The normalized spacial score (nSPS) is 14.1. The first kappa shape index (κ1) is 18.8. The number of amides is 1. The van der Waals surface area contributed by atoms with Crippen LogP contribution in [0.4, 0.5) is 5.69 Å². The van der Waals surface area contributed by atoms with Gasteiger partial charge in [0.15, 0.2) is 6.61 Å². The van der Waals surface area contributed by atoms with E-state index in [1.807, 2.05) is 55.5 Å². The van der Waals surface area contributed by atoms with Gasteiger partial charge in [-0.3, -0.25) is 9.59 Å². The van der Waals surface area contributed by atoms with E-state index in [1.54, 1.807) is 4.90 Å². The van der Waals surface area contributed by atoms with E-state index >= 15 is 0 Å². The predicted molar refractivity (Wildman–Crippen MR) is 101 cm³/mol. The van der Waals surface area contributed by atoms with E-state index in [-0.39, 0.29) is 24.4 Å². The highest BCUT2D eigenvalue weighted by molar-refractivity contribution is 5.97. The molecule has 1 heterocycles. The van der Waals surface area contributed by atoms with Crippen LogP contribution in [0.1, 0.15) is 12.5 Å². The molecule has 1 atom stereocenters. The second kappa shape index (κ2) is 8.58. The number of esters is 1. The summed E-state index contributed by atoms with van der Waals surface area (Å²) in [5.74, 6) is 0.948. The van der Waals surface area contributed by atoms with E-state index in [4.69, 9.17) is 14.2 Å². The van der Waals surface area contributed by atoms with Crippen molar-refractivity contribution in [2.45, 2.75) is 13.3 Å². The van der Waals surface area contributed by atoms with Crippen LogP contribution in [0.2, 0.25) is 0 Å². The summed E-state index contributed by atoms with van der Waals surface area (Å²) in [6.45, 7) is 2.70. The van der Waals surface area contributed by atoms with Crippen molar-refractivity contribution in [3.8, 4) is 11.5 Å². The second-order valence-electron chi connectivity index (χ2n) is 6.42. The summed E-state index contributed by atoms with van der Waals surface area (Å²) in [5, 5.41) is 0. The van der Waals surface area contributed by atoms with E-state index in [1.165, 1.54) is 7.11 Å². The van der Waals surface area contributed by atoms with Gasteiger partial charge < -0.3 is 19.1 Å². The van der Waals surface area contributed by atoms with Gasteiger partial charge in [-0.25, -0.2) is 0 Å². The molecule has 6 nitrogen and oxygen atoms in total. The minimum absolute atomic E-state index is 0.0457. The summed E-state index contributed by atoms with van der Waals surface area (Å²) in [5.41, 5.74) is 1.81. The Balaban J connectivity index is 1.54. The summed E-state index contributed by atoms with van der Waals surface area (Å²) in [6, 6.07) is 15.1. The summed E-state index contributed by atoms with van der Waals surface area (Å²) in [4.78, 5) is 25.3. The van der Waals surface area contributed by atoms with Crippen molar-refractivity contribution in [3.63, 3.8) is 0 Å². The second-order valence-corrected chi connectivity index (χ2v) is 6.42. The van der Waals surface area contributed by atoms with E-state index < -0.39 is 0 Å². The molecule has 3 rings (SSSR count). The van der Waals surface area contributed by atoms with Crippen molar-refractivity contribution in [1.29, 1.82) is 0 Å². The van der Waals surface area contributed by atoms with Crippen LogP contribution < -0.4 is 14.4 Å². The van der Waals surface area contributed by atoms with Gasteiger partial charge in [0.25, 0.3) is 5.91 Å². The number of anilines is 1. The SMILES string of the molecule is COC(=O)C(C)Cc1ccc(OCCN2C(=O)COc3ccccc32)cc1. The number of carbonyl (C=O) groups is 2. The third-order valence-corrected chi connectivity index (χ3v) is 4.46. The molecule has 0 saturated carbocycles. The number of carbonyl (C=O) groups excluding carboxylic acids is 2. The molecule has 1 aliphatic heterocycles. The Morgan fingerprint density at radius 2 is 1.93 bits per heavy atom. The van der Waals surface area contributed by atoms with Crippen molar-refractivity contribution in [1.82, 2.24) is 0 Å². The van der Waals surface area contributed by atoms with Crippen molar-refractivity contribution in [2.24, 2.45) is 5.92 Å². The molecule has 0 radical (unpaired) electrons. The first-order valence-corrected chi connectivity index (χ1v) is 8.90. The molecule has 0 aromatic heterocycles. The molecular weight excluding hydrogens is 346 g/mol. The molecule has 0 aliphatic carbocycles. The molecule has 142 valence electrons. The fraction of sp³-hybridized carbons (Fsp3) is 0.333. The average Bonchev–Trinajstić information content (AvgIpc) is 2.70. The topological polar surface area (TPSA) is 65.1 Å². The van der Waals surface area contributed by atoms with Crippen molar-refractivity contribution in [3.05, 3.63) is 54.1 Å². The highest BCUT2D eigenvalue weighted by Gasteiger charge is 2.24. The standard InChI is InChI=1S/C21H23NO5/c1-15(21(24)25-2)13-16-7-9-17(10-8-16)26-12-11-22-18-5-3-4-6-19(18)27-14-20(22)23/h3-10,15H,11-14H2,1-2H3. The molecule has 0 saturated heterocycles. The Hall–Kier alpha value is -3.02. The van der Waals surface area contributed by atoms with Crippen LogP contribution in [-0.2, 0) is 20.7 Å². The highest BCUT2D eigenvalue weighted by Crippen LogP contribution is 2.31. The molecule has 0 bridgehead atoms. The molecule has 2 aromatic rings. The van der Waals surface area contributed by atoms with Gasteiger partial charge in [0, 0.05) is 0 Å². The van der Waals surface area contributed by atoms with E-state index in [2.05, 4.69) is 0 Å². The number of hydrogen-bond acceptors (Lipinski definition) is 5. The zero-order chi connectivity index (χ0) is 19.2. The van der Waals surface area contributed by atoms with Crippen LogP contribution in [0.25, 0.3) is 0 Å². The Kier molecular flexibility index (Phi) is 5.96. The van der Waals surface area contributed by atoms with E-state index in [9.17, 15) is 9.59 Å². The molecule has 1 amide bonds. The van der Waals surface area contributed by atoms with Gasteiger partial charge in [-0.1, -0.05) is 31.2 Å². The van der Waals surface area contributed by atoms with Gasteiger partial charge >= 0.3 is 5.97 Å². The predicted octanol–water partition coefficient (Wildman–Crippen LogP) is 2.84. The van der Waals surface area contributed by atoms with Crippen molar-refractivity contribution < 1.29 is 23.8 Å². The maximum absolute atomic E-state index is 12.1. The van der Waals surface area contributed by atoms with Gasteiger partial charge in [0.2, 0.25) is 0 Å². The van der Waals surface area contributed by atoms with Crippen molar-refractivity contribution in [2.75, 3.05) is 31.8 Å². The first-order valence-electron chi connectivity index (χ1n) is 8.90. The number of benzene rings is 2. The smallest absolute Gasteiger partial charge is 0.308 e. The fourth-order valence-electron chi connectivity index (χ4n) is 3.01. The average molecular weight is 369 g/mol. The molecule has 2 aromatic carbocycles. The molecule has 0 N–H and O–H groups in total. The minimum atomic E-state index is -0.217. The lowest BCUT2D eigenvalue weighted by molar-refractivity contribution is -0.144. The van der Waals surface area contributed by atoms with Gasteiger partial charge in [0.05, 0.1) is 25.3 Å². The maximum atomic E-state index is 12.1. The number of methoxy groups -OCH3 is 1. The third kappa shape index (κ3) is 4.58. The summed E-state index contributed by atoms with van der Waals surface area (Å²) >= 11 is 0. The number of ether oxygens (including phenoxy) is 3. The van der Waals surface area contributed by atoms with Crippen LogP contribution in [0.3, 0.4) is 0 Å². The molecule has 6 heteroatoms. The largest absolute Gasteiger partial charge is 0.492 e. The number of nitrogens with zero attached hydrogens (tertiary/aromatic N) is 1. The summed E-state index contributed by atoms with van der Waals surface area (Å²) in [7, 11) is 1.40. The van der Waals surface area contributed by atoms with Crippen LogP contribution in [-0.4, -0.2) is 38.7 Å². The molecule has 27 heavy (non-hydrogen) atoms. The summed E-state index contributed by atoms with van der Waals surface area (Å²) in [6.07, 6.45) is 0.617. The van der Waals surface area contributed by atoms with Crippen LogP contribution >= 0.6 is 0 Å². The van der Waals surface area contributed by atoms with Gasteiger partial charge in [-0.05, 0) is 36.2 Å². The van der Waals surface area contributed by atoms with Gasteiger partial charge in [-0.2, -0.15) is 0 Å². The number of hydrogen-bond donors (Lipinski definition) is 0. The number of rotatable bonds is 7. The molecular formula is C21H23NO5. The third-order valence-electron chi connectivity index (χ3n) is 4.46. The minimum Gasteiger partial charge on any atom is -0.492 e. The van der Waals surface area contributed by atoms with E-state index in [0.717, 1.165) is 17.0 Å². The molecule has 0 spiro atoms. The van der Waals surface area contributed by atoms with Gasteiger partial charge in [-0.15, -0.1) is 0 Å². The summed E-state index contributed by atoms with van der Waals surface area (Å²) < 4.78 is 16.0. The number of fused-ring (bicyclic) bond motifs is 1. The lowest BCUT2D eigenvalue weighted by atomic mass is 10.0. The highest BCUT2D eigenvalue weighted by atomic mass is 16.5. The van der Waals surface area contributed by atoms with E-state index in [0.29, 0.717) is 25.3 Å². The van der Waals surface area contributed by atoms with Crippen LogP contribution in [0, 0.1) is 5.92 Å². The van der Waals surface area contributed by atoms with Crippen LogP contribution in [0.5, 0.6) is 11.5 Å². The Labute approximate surface area is 158 Å². The Morgan fingerprint density at radius 3 is 2.67 bits per heavy atom. The Morgan fingerprint density at radius 1 is 1.19 bits per heavy atom. The quantitative estimate of drug-likeness (QED) is 0.702. The molecule has 1 unspecified atom stereocenters.